The van der Waals surface area contributed by atoms with E-state index in [2.05, 4.69) is 23.2 Å². The average molecular weight is 694 g/mol. The van der Waals surface area contributed by atoms with Gasteiger partial charge in [-0.15, -0.1) is 35.9 Å². The molecular formula is C29H20F3IrN2O3-. The van der Waals surface area contributed by atoms with Crippen LogP contribution in [0.2, 0.25) is 0 Å². The Bertz CT molecular complexity index is 1600. The summed E-state index contributed by atoms with van der Waals surface area (Å²) in [5.74, 6) is -1.38. The van der Waals surface area contributed by atoms with Gasteiger partial charge in [-0.2, -0.15) is 13.2 Å². The third-order valence-corrected chi connectivity index (χ3v) is 5.50. The number of rotatable bonds is 4. The minimum atomic E-state index is -4.47. The monoisotopic (exact) mass is 694 g/mol. The number of alkyl halides is 3. The summed E-state index contributed by atoms with van der Waals surface area (Å²) in [7, 11) is 0. The summed E-state index contributed by atoms with van der Waals surface area (Å²) in [6.07, 6.45) is -1.29. The van der Waals surface area contributed by atoms with Gasteiger partial charge in [-0.05, 0) is 52.4 Å². The number of halogens is 3. The second-order valence-electron chi connectivity index (χ2n) is 8.02. The van der Waals surface area contributed by atoms with Gasteiger partial charge in [0.25, 0.3) is 5.56 Å². The van der Waals surface area contributed by atoms with Gasteiger partial charge in [0, 0.05) is 32.5 Å². The summed E-state index contributed by atoms with van der Waals surface area (Å²) >= 11 is 0. The fourth-order valence-corrected chi connectivity index (χ4v) is 3.74. The van der Waals surface area contributed by atoms with Crippen LogP contribution < -0.4 is 5.56 Å². The number of fused-ring (bicyclic) bond motifs is 1. The van der Waals surface area contributed by atoms with Crippen molar-refractivity contribution in [2.24, 2.45) is 0 Å². The molecule has 0 saturated carbocycles. The van der Waals surface area contributed by atoms with Crippen LogP contribution >= 0.6 is 0 Å². The summed E-state index contributed by atoms with van der Waals surface area (Å²) in [5, 5.41) is 11.2. The normalized spacial score (nSPS) is 10.7. The molecule has 5 nitrogen and oxygen atoms in total. The van der Waals surface area contributed by atoms with Gasteiger partial charge < -0.3 is 14.7 Å². The van der Waals surface area contributed by atoms with Crippen LogP contribution in [0, 0.1) is 6.07 Å². The molecule has 0 unspecified atom stereocenters. The first-order valence-corrected chi connectivity index (χ1v) is 11.1. The van der Waals surface area contributed by atoms with Gasteiger partial charge in [0.15, 0.2) is 0 Å². The molecule has 0 bridgehead atoms. The SMILES string of the molecule is O=C(O)c1cccn(Cc2cccc(C(F)(F)F)c2)c1=O.[Ir].[c-]1ccccc1-c1nccc2ccccc12. The van der Waals surface area contributed by atoms with Crippen LogP contribution in [-0.4, -0.2) is 20.6 Å². The van der Waals surface area contributed by atoms with Gasteiger partial charge >= 0.3 is 12.1 Å². The second-order valence-corrected chi connectivity index (χ2v) is 8.02. The smallest absolute Gasteiger partial charge is 0.416 e. The Labute approximate surface area is 229 Å². The average Bonchev–Trinajstić information content (AvgIpc) is 2.90. The van der Waals surface area contributed by atoms with E-state index < -0.39 is 28.8 Å². The van der Waals surface area contributed by atoms with Crippen molar-refractivity contribution in [1.29, 1.82) is 0 Å². The number of pyridine rings is 2. The van der Waals surface area contributed by atoms with E-state index in [0.29, 0.717) is 0 Å². The van der Waals surface area contributed by atoms with E-state index in [9.17, 15) is 22.8 Å². The third-order valence-electron chi connectivity index (χ3n) is 5.50. The number of hydrogen-bond acceptors (Lipinski definition) is 3. The maximum absolute atomic E-state index is 12.6. The van der Waals surface area contributed by atoms with Gasteiger partial charge in [-0.3, -0.25) is 4.79 Å². The number of aromatic carboxylic acids is 1. The van der Waals surface area contributed by atoms with Crippen molar-refractivity contribution < 1.29 is 43.2 Å². The fraction of sp³-hybridized carbons (Fsp3) is 0.0690. The molecule has 5 rings (SSSR count). The number of aromatic nitrogens is 2. The first-order chi connectivity index (χ1) is 17.7. The second kappa shape index (κ2) is 12.4. The minimum absolute atomic E-state index is 0. The number of benzene rings is 3. The van der Waals surface area contributed by atoms with Crippen molar-refractivity contribution in [2.45, 2.75) is 12.7 Å². The topological polar surface area (TPSA) is 72.2 Å². The molecule has 2 aromatic heterocycles. The Balaban J connectivity index is 0.000000211. The Hall–Kier alpha value is -4.07. The molecule has 0 atom stereocenters. The van der Waals surface area contributed by atoms with E-state index >= 15 is 0 Å². The van der Waals surface area contributed by atoms with E-state index in [0.717, 1.165) is 34.0 Å². The van der Waals surface area contributed by atoms with Crippen LogP contribution in [0.1, 0.15) is 21.5 Å². The van der Waals surface area contributed by atoms with Crippen LogP contribution in [0.4, 0.5) is 13.2 Å². The van der Waals surface area contributed by atoms with Crippen LogP contribution in [-0.2, 0) is 32.8 Å². The first-order valence-electron chi connectivity index (χ1n) is 11.1. The Morgan fingerprint density at radius 3 is 2.42 bits per heavy atom. The minimum Gasteiger partial charge on any atom is -0.477 e. The Morgan fingerprint density at radius 2 is 1.71 bits per heavy atom. The Kier molecular flexibility index (Phi) is 9.34. The standard InChI is InChI=1S/C15H10N.C14H10F3NO3.Ir/c1-2-7-13(8-3-1)15-14-9-5-4-6-12(14)10-11-16-15;15-14(16,17)10-4-1-3-9(7-10)8-18-6-2-5-11(12(18)19)13(20)21;/h1-7,9-11H;1-7H,8H2,(H,20,21);/q-1;;. The van der Waals surface area contributed by atoms with Crippen molar-refractivity contribution in [1.82, 2.24) is 9.55 Å². The summed E-state index contributed by atoms with van der Waals surface area (Å²) < 4.78 is 38.9. The van der Waals surface area contributed by atoms with Gasteiger partial charge in [-0.25, -0.2) is 4.79 Å². The molecule has 1 radical (unpaired) electrons. The van der Waals surface area contributed by atoms with Crippen LogP contribution in [0.3, 0.4) is 0 Å². The van der Waals surface area contributed by atoms with Gasteiger partial charge in [0.2, 0.25) is 0 Å². The van der Waals surface area contributed by atoms with Crippen molar-refractivity contribution in [2.75, 3.05) is 0 Å². The summed E-state index contributed by atoms with van der Waals surface area (Å²) in [4.78, 5) is 27.2. The van der Waals surface area contributed by atoms with Crippen molar-refractivity contribution in [3.05, 3.63) is 136 Å². The zero-order valence-corrected chi connectivity index (χ0v) is 22.0. The maximum Gasteiger partial charge on any atom is 0.416 e. The fourth-order valence-electron chi connectivity index (χ4n) is 3.74. The maximum atomic E-state index is 12.6. The van der Waals surface area contributed by atoms with E-state index in [1.807, 2.05) is 48.7 Å². The zero-order chi connectivity index (χ0) is 26.4. The molecule has 9 heteroatoms. The first kappa shape index (κ1) is 28.5. The van der Waals surface area contributed by atoms with Crippen molar-refractivity contribution >= 4 is 16.7 Å². The summed E-state index contributed by atoms with van der Waals surface area (Å²) in [5.41, 5.74) is 0.293. The van der Waals surface area contributed by atoms with Gasteiger partial charge in [0.1, 0.15) is 5.56 Å². The van der Waals surface area contributed by atoms with Crippen molar-refractivity contribution in [3.8, 4) is 11.3 Å². The Morgan fingerprint density at radius 1 is 0.947 bits per heavy atom. The number of carbonyl (C=O) groups is 1. The predicted octanol–water partition coefficient (Wildman–Crippen LogP) is 6.31. The molecule has 0 spiro atoms. The van der Waals surface area contributed by atoms with E-state index in [-0.39, 0.29) is 32.2 Å². The van der Waals surface area contributed by atoms with E-state index in [1.165, 1.54) is 35.2 Å². The number of hydrogen-bond donors (Lipinski definition) is 1. The molecule has 0 aliphatic carbocycles. The predicted molar refractivity (Wildman–Crippen MR) is 134 cm³/mol. The molecular weight excluding hydrogens is 674 g/mol. The molecule has 1 N–H and O–H groups in total. The third kappa shape index (κ3) is 6.82. The molecule has 0 aliphatic rings. The van der Waals surface area contributed by atoms with Crippen LogP contribution in [0.15, 0.2) is 108 Å². The quantitative estimate of drug-likeness (QED) is 0.224. The molecule has 0 saturated heterocycles. The molecule has 0 amide bonds. The van der Waals surface area contributed by atoms with Gasteiger partial charge in [-0.1, -0.05) is 36.4 Å². The largest absolute Gasteiger partial charge is 0.477 e. The van der Waals surface area contributed by atoms with Crippen molar-refractivity contribution in [3.63, 3.8) is 0 Å². The molecule has 3 aromatic carbocycles. The van der Waals surface area contributed by atoms with E-state index in [1.54, 1.807) is 0 Å². The van der Waals surface area contributed by atoms with Gasteiger partial charge in [0.05, 0.1) is 12.1 Å². The number of nitrogens with zero attached hydrogens (tertiary/aromatic N) is 2. The molecule has 195 valence electrons. The molecule has 2 heterocycles. The van der Waals surface area contributed by atoms with Crippen LogP contribution in [0.25, 0.3) is 22.0 Å². The van der Waals surface area contributed by atoms with E-state index in [4.69, 9.17) is 5.11 Å². The molecule has 0 aliphatic heterocycles. The molecule has 5 aromatic rings. The summed E-state index contributed by atoms with van der Waals surface area (Å²) in [6, 6.07) is 28.5. The van der Waals surface area contributed by atoms with Crippen LogP contribution in [0.5, 0.6) is 0 Å². The molecule has 0 fully saturated rings. The zero-order valence-electron chi connectivity index (χ0n) is 19.6. The molecule has 38 heavy (non-hydrogen) atoms. The summed E-state index contributed by atoms with van der Waals surface area (Å²) in [6.45, 7) is -0.135. The number of carboxylic acid groups (broad SMARTS) is 1. The number of carboxylic acids is 1.